The highest BCUT2D eigenvalue weighted by atomic mass is 32.2. The van der Waals surface area contributed by atoms with Gasteiger partial charge in [-0.3, -0.25) is 43.2 Å². The molecule has 3 aliphatic heterocycles. The molecule has 25 nitrogen and oxygen atoms in total. The van der Waals surface area contributed by atoms with E-state index in [1.807, 2.05) is 79.7 Å². The van der Waals surface area contributed by atoms with E-state index in [2.05, 4.69) is 13.8 Å². The van der Waals surface area contributed by atoms with Gasteiger partial charge < -0.3 is 18.9 Å². The Morgan fingerprint density at radius 1 is 0.405 bits per heavy atom. The van der Waals surface area contributed by atoms with Crippen LogP contribution in [0.5, 0.6) is 0 Å². The number of rotatable bonds is 34. The summed E-state index contributed by atoms with van der Waals surface area (Å²) in [4.78, 5) is 122. The monoisotopic (exact) mass is 1710 g/mol. The molecule has 6 amide bonds. The van der Waals surface area contributed by atoms with Gasteiger partial charge in [0.05, 0.1) is 93.3 Å². The molecule has 7 atom stereocenters. The zero-order valence-corrected chi connectivity index (χ0v) is 72.0. The van der Waals surface area contributed by atoms with Gasteiger partial charge in [-0.2, -0.15) is 25.3 Å². The number of fused-ring (bicyclic) bond motifs is 6. The van der Waals surface area contributed by atoms with Crippen molar-refractivity contribution in [1.29, 1.82) is 0 Å². The minimum Gasteiger partial charge on any atom is -0.379 e. The maximum absolute atomic E-state index is 13.5. The van der Waals surface area contributed by atoms with E-state index in [1.54, 1.807) is 90.3 Å². The van der Waals surface area contributed by atoms with E-state index in [0.29, 0.717) is 132 Å². The van der Waals surface area contributed by atoms with Crippen LogP contribution in [0.1, 0.15) is 215 Å². The van der Waals surface area contributed by atoms with E-state index < -0.39 is 116 Å². The number of hydrogen-bond acceptors (Lipinski definition) is 25. The molecule has 0 N–H and O–H groups in total. The van der Waals surface area contributed by atoms with Crippen LogP contribution in [0.25, 0.3) is 32.3 Å². The van der Waals surface area contributed by atoms with Gasteiger partial charge in [0.2, 0.25) is 0 Å². The molecular weight excluding hydrogens is 1610 g/mol. The molecule has 624 valence electrons. The lowest BCUT2D eigenvalue weighted by Crippen LogP contribution is -2.46. The summed E-state index contributed by atoms with van der Waals surface area (Å²) in [5.74, 6) is -3.71. The largest absolute Gasteiger partial charge is 0.379 e. The van der Waals surface area contributed by atoms with Crippen LogP contribution < -0.4 is 0 Å². The zero-order valence-electron chi connectivity index (χ0n) is 67.1. The number of nitrogens with zero attached hydrogens (tertiary/aromatic N) is 3. The number of ketones is 3. The first kappa shape index (κ1) is 87.0. The van der Waals surface area contributed by atoms with Gasteiger partial charge in [-0.15, -0.1) is 63.3 Å². The Balaban J connectivity index is 0.000000151. The molecule has 3 heterocycles. The fourth-order valence-electron chi connectivity index (χ4n) is 19.5. The predicted molar refractivity (Wildman–Crippen MR) is 439 cm³/mol. The molecule has 31 heteroatoms. The van der Waals surface area contributed by atoms with Crippen LogP contribution in [0, 0.1) is 56.2 Å². The Hall–Kier alpha value is -6.85. The first-order chi connectivity index (χ1) is 55.0. The van der Waals surface area contributed by atoms with Crippen molar-refractivity contribution in [1.82, 2.24) is 15.2 Å². The molecule has 116 heavy (non-hydrogen) atoms. The highest BCUT2D eigenvalue weighted by molar-refractivity contribution is 8.00. The Labute approximate surface area is 690 Å². The average molecular weight is 1710 g/mol. The van der Waals surface area contributed by atoms with Crippen molar-refractivity contribution in [3.8, 4) is 0 Å². The highest BCUT2D eigenvalue weighted by Gasteiger charge is 2.68. The molecule has 0 spiro atoms. The molecule has 6 bridgehead atoms. The van der Waals surface area contributed by atoms with Crippen LogP contribution >= 0.6 is 35.3 Å². The number of benzene rings is 6. The lowest BCUT2D eigenvalue weighted by atomic mass is 9.70. The van der Waals surface area contributed by atoms with Gasteiger partial charge in [-0.1, -0.05) is 111 Å². The van der Waals surface area contributed by atoms with Crippen molar-refractivity contribution in [3.63, 3.8) is 0 Å². The average Bonchev–Trinajstić information content (AvgIpc) is 1.56. The number of thioether (sulfide) groups is 3. The summed E-state index contributed by atoms with van der Waals surface area (Å²) in [5.41, 5.74) is -3.52. The number of Topliss-reactive ketones (excluding diaryl/α,β-unsaturated/α-hetero) is 3. The summed E-state index contributed by atoms with van der Waals surface area (Å²) in [6, 6.07) is 25.6. The van der Waals surface area contributed by atoms with Crippen LogP contribution in [0.15, 0.2) is 106 Å². The van der Waals surface area contributed by atoms with Gasteiger partial charge in [-0.25, -0.2) is 0 Å². The molecule has 7 unspecified atom stereocenters. The first-order valence-corrected chi connectivity index (χ1v) is 47.6. The molecule has 6 saturated carbocycles. The third kappa shape index (κ3) is 15.8. The van der Waals surface area contributed by atoms with Crippen LogP contribution in [-0.4, -0.2) is 174 Å². The number of hydrogen-bond donors (Lipinski definition) is 0. The Bertz CT molecular complexity index is 5270. The summed E-state index contributed by atoms with van der Waals surface area (Å²) >= 11 is 4.79. The Morgan fingerprint density at radius 2 is 0.733 bits per heavy atom. The smallest absolute Gasteiger partial charge is 0.289 e. The molecular formula is C85H101N3O22S6. The van der Waals surface area contributed by atoms with Gasteiger partial charge in [0.1, 0.15) is 24.1 Å². The lowest BCUT2D eigenvalue weighted by molar-refractivity contribution is -0.128. The zero-order chi connectivity index (χ0) is 83.5. The second kappa shape index (κ2) is 34.0. The van der Waals surface area contributed by atoms with Crippen LogP contribution in [0.3, 0.4) is 0 Å². The van der Waals surface area contributed by atoms with E-state index in [1.165, 1.54) is 24.6 Å². The third-order valence-corrected chi connectivity index (χ3v) is 33.7. The van der Waals surface area contributed by atoms with Crippen LogP contribution in [0.2, 0.25) is 0 Å². The van der Waals surface area contributed by atoms with Crippen molar-refractivity contribution in [2.45, 2.75) is 167 Å². The maximum Gasteiger partial charge on any atom is 0.289 e. The second-order valence-electron chi connectivity index (χ2n) is 33.3. The molecule has 0 saturated heterocycles. The minimum absolute atomic E-state index is 0.0765. The number of imide groups is 3. The molecule has 6 aromatic carbocycles. The molecule has 0 radical (unpaired) electrons. The van der Waals surface area contributed by atoms with Crippen molar-refractivity contribution in [2.75, 3.05) is 81.0 Å². The van der Waals surface area contributed by atoms with Gasteiger partial charge >= 0.3 is 0 Å². The normalized spacial score (nSPS) is 24.2. The molecule has 6 fully saturated rings. The number of amides is 6. The lowest BCUT2D eigenvalue weighted by Gasteiger charge is -2.36. The highest BCUT2D eigenvalue weighted by Crippen LogP contribution is 2.67. The van der Waals surface area contributed by atoms with E-state index >= 15 is 0 Å². The Kier molecular flexibility index (Phi) is 25.5. The number of carbonyl (C=O) groups is 9. The topological polar surface area (TPSA) is 330 Å². The number of carbonyl (C=O) groups excluding carboxylic acids is 9. The van der Waals surface area contributed by atoms with Crippen molar-refractivity contribution < 1.29 is 100 Å². The van der Waals surface area contributed by atoms with Crippen LogP contribution in [-0.2, 0) is 76.5 Å². The van der Waals surface area contributed by atoms with Crippen molar-refractivity contribution in [3.05, 3.63) is 124 Å². The molecule has 9 aliphatic rings. The molecule has 0 aromatic heterocycles. The quantitative estimate of drug-likeness (QED) is 0.0157. The van der Waals surface area contributed by atoms with Gasteiger partial charge in [0.25, 0.3) is 65.8 Å². The van der Waals surface area contributed by atoms with Crippen molar-refractivity contribution >= 4 is 151 Å². The van der Waals surface area contributed by atoms with Crippen molar-refractivity contribution in [2.24, 2.45) is 56.2 Å². The minimum atomic E-state index is -4.45. The first-order valence-electron chi connectivity index (χ1n) is 39.9. The summed E-state index contributed by atoms with van der Waals surface area (Å²) in [6.45, 7) is 23.2. The van der Waals surface area contributed by atoms with Gasteiger partial charge in [-0.05, 0) is 169 Å². The van der Waals surface area contributed by atoms with E-state index in [4.69, 9.17) is 31.8 Å². The fourth-order valence-corrected chi connectivity index (χ4v) is 27.7. The van der Waals surface area contributed by atoms with E-state index in [-0.39, 0.29) is 75.3 Å². The Morgan fingerprint density at radius 3 is 1.04 bits per heavy atom. The molecule has 6 aromatic rings. The number of ether oxygens (including phenoxy) is 4. The summed E-state index contributed by atoms with van der Waals surface area (Å²) in [5, 5.41) is 4.74. The summed E-state index contributed by atoms with van der Waals surface area (Å²) < 4.78 is 117. The predicted octanol–water partition coefficient (Wildman–Crippen LogP) is 14.8. The summed E-state index contributed by atoms with van der Waals surface area (Å²) in [7, 11) is -13.3. The maximum atomic E-state index is 13.5. The van der Waals surface area contributed by atoms with Gasteiger partial charge in [0.15, 0.2) is 0 Å². The van der Waals surface area contributed by atoms with E-state index in [0.717, 1.165) is 63.3 Å². The number of hydroxylamine groups is 6. The van der Waals surface area contributed by atoms with Crippen LogP contribution in [0.4, 0.5) is 0 Å². The van der Waals surface area contributed by atoms with E-state index in [9.17, 15) is 68.4 Å². The number of unbranched alkanes of at least 4 members (excludes halogenated alkanes) is 1. The SMILES string of the molecule is CCCCC(CC)CSc1ccc2c3c(cccc13)C(=O)N(OS(=O)(=O)CC13CCC(CC1=O)C3(C)C)C2=O.CCOCCOCCSc1ccc2c3c(cccc13)C(=O)N(OS(=O)(=O)CC13CCC(CC1=O)C3(C)C)C2=O.CCOCOCCSc1ccc2c3c(cccc13)C(=O)N(OS(=O)(=O)CC13CCC(CC1=O)C3(C)C)C2=O. The third-order valence-electron chi connectivity index (χ3n) is 26.7. The second-order valence-corrected chi connectivity index (χ2v) is 41.3. The van der Waals surface area contributed by atoms with Gasteiger partial charge in [0, 0.05) is 80.6 Å². The standard InChI is InChI=1S/C30H37NO6S2.C28H33NO8S2.C27H31NO8S2/c1-5-7-9-19(6-2)17-38-24-13-12-23-26-21(24)10-8-11-22(26)27(33)31(28(23)34)37-39(35,36)18-30-15-14-20(16-25(30)32)29(30,3)4;1-4-35-12-13-36-14-15-38-22-9-8-21-24-19(22)6-5-7-20(24)25(31)29(26(21)32)37-39(33,34)17-28-11-10-18(16-23(28)30)27(28,2)3;1-4-34-16-35-12-13-37-21-9-8-20-23-18(21)6-5-7-19(23)24(30)28(25(20)31)36-38(32,33)15-27-11-10-17(14-22(27)29)26(27,2)3/h8,10-13,19-20H,5-7,9,14-18H2,1-4H3;5-9,18H,4,10-17H2,1-3H3;5-9,17H,4,10-16H2,1-3H3. The molecule has 15 rings (SSSR count). The fraction of sp³-hybridized carbons (Fsp3) is 0.541. The molecule has 6 aliphatic carbocycles. The summed E-state index contributed by atoms with van der Waals surface area (Å²) in [6.07, 6.45) is 9.36.